The molecule has 20 heavy (non-hydrogen) atoms. The predicted octanol–water partition coefficient (Wildman–Crippen LogP) is 2.12. The second kappa shape index (κ2) is 5.84. The lowest BCUT2D eigenvalue weighted by Crippen LogP contribution is -1.99. The predicted molar refractivity (Wildman–Crippen MR) is 72.7 cm³/mol. The Morgan fingerprint density at radius 3 is 1.15 bits per heavy atom. The van der Waals surface area contributed by atoms with Crippen molar-refractivity contribution in [1.82, 2.24) is 0 Å². The fraction of sp³-hybridized carbons (Fsp3) is 0. The van der Waals surface area contributed by atoms with Crippen LogP contribution in [-0.2, 0) is 9.59 Å². The monoisotopic (exact) mass is 266 g/mol. The van der Waals surface area contributed by atoms with Gasteiger partial charge in [-0.25, -0.2) is 0 Å². The average Bonchev–Trinajstić information content (AvgIpc) is 2.53. The molecule has 0 spiro atoms. The van der Waals surface area contributed by atoms with Gasteiger partial charge in [0.15, 0.2) is 12.6 Å². The summed E-state index contributed by atoms with van der Waals surface area (Å²) in [4.78, 5) is 43.1. The van der Waals surface area contributed by atoms with Gasteiger partial charge in [0, 0.05) is 11.1 Å². The van der Waals surface area contributed by atoms with Gasteiger partial charge in [-0.1, -0.05) is 48.5 Å². The number of carbonyl (C=O) groups is 4. The summed E-state index contributed by atoms with van der Waals surface area (Å²) in [6.07, 6.45) is 0.545. The molecule has 4 heteroatoms. The van der Waals surface area contributed by atoms with Crippen molar-refractivity contribution in [2.24, 2.45) is 0 Å². The molecule has 0 saturated heterocycles. The Kier molecular flexibility index (Phi) is 3.96. The van der Waals surface area contributed by atoms with Gasteiger partial charge in [0.05, 0.1) is 0 Å². The van der Waals surface area contributed by atoms with E-state index in [9.17, 15) is 19.2 Å². The average molecular weight is 266 g/mol. The second-order valence-corrected chi connectivity index (χ2v) is 4.12. The topological polar surface area (TPSA) is 68.3 Å². The zero-order valence-corrected chi connectivity index (χ0v) is 10.4. The minimum atomic E-state index is -0.566. The maximum atomic E-state index is 11.2. The third-order valence-electron chi connectivity index (χ3n) is 2.89. The molecule has 0 aliphatic rings. The molecular formula is C16H10O4. The first-order valence-electron chi connectivity index (χ1n) is 5.85. The summed E-state index contributed by atoms with van der Waals surface area (Å²) in [5.74, 6) is -1.13. The summed E-state index contributed by atoms with van der Waals surface area (Å²) in [6.45, 7) is 0. The highest BCUT2D eigenvalue weighted by atomic mass is 16.2. The zero-order valence-electron chi connectivity index (χ0n) is 10.4. The van der Waals surface area contributed by atoms with Crippen molar-refractivity contribution >= 4 is 24.1 Å². The molecule has 0 fully saturated rings. The van der Waals surface area contributed by atoms with Crippen LogP contribution in [0, 0.1) is 0 Å². The highest BCUT2D eigenvalue weighted by Crippen LogP contribution is 2.20. The Hall–Kier alpha value is -2.88. The van der Waals surface area contributed by atoms with Crippen LogP contribution in [0.4, 0.5) is 0 Å². The lowest BCUT2D eigenvalue weighted by Gasteiger charge is -2.03. The Balaban J connectivity index is 2.28. The van der Waals surface area contributed by atoms with Gasteiger partial charge in [0.2, 0.25) is 11.6 Å². The van der Waals surface area contributed by atoms with E-state index in [1.54, 1.807) is 48.5 Å². The maximum absolute atomic E-state index is 11.2. The van der Waals surface area contributed by atoms with Gasteiger partial charge in [-0.2, -0.15) is 0 Å². The molecular weight excluding hydrogens is 256 g/mol. The maximum Gasteiger partial charge on any atom is 0.225 e. The zero-order chi connectivity index (χ0) is 14.5. The van der Waals surface area contributed by atoms with Crippen molar-refractivity contribution in [2.75, 3.05) is 0 Å². The molecule has 0 atom stereocenters. The second-order valence-electron chi connectivity index (χ2n) is 4.12. The van der Waals surface area contributed by atoms with Gasteiger partial charge in [0.25, 0.3) is 0 Å². The van der Waals surface area contributed by atoms with Crippen LogP contribution in [0.25, 0.3) is 11.1 Å². The number of ketones is 2. The number of Topliss-reactive ketones (excluding diaryl/α,β-unsaturated/α-hetero) is 2. The summed E-state index contributed by atoms with van der Waals surface area (Å²) in [5.41, 5.74) is 2.35. The first-order valence-corrected chi connectivity index (χ1v) is 5.85. The fourth-order valence-corrected chi connectivity index (χ4v) is 1.79. The molecule has 98 valence electrons. The molecule has 2 rings (SSSR count). The van der Waals surface area contributed by atoms with E-state index in [4.69, 9.17) is 0 Å². The van der Waals surface area contributed by atoms with Gasteiger partial charge in [-0.15, -0.1) is 0 Å². The first kappa shape index (κ1) is 13.5. The van der Waals surface area contributed by atoms with E-state index in [-0.39, 0.29) is 12.6 Å². The molecule has 0 unspecified atom stereocenters. The van der Waals surface area contributed by atoms with E-state index in [1.165, 1.54) is 0 Å². The van der Waals surface area contributed by atoms with Crippen molar-refractivity contribution < 1.29 is 19.2 Å². The fourth-order valence-electron chi connectivity index (χ4n) is 1.79. The molecule has 2 aromatic carbocycles. The standard InChI is InChI=1S/C16H10O4/c17-9-15(19)13-5-1-11(2-6-13)12-3-7-14(8-4-12)16(20)10-18/h1-10H. The van der Waals surface area contributed by atoms with E-state index in [2.05, 4.69) is 0 Å². The molecule has 0 saturated carbocycles. The van der Waals surface area contributed by atoms with Crippen LogP contribution in [0.5, 0.6) is 0 Å². The van der Waals surface area contributed by atoms with Crippen molar-refractivity contribution in [3.8, 4) is 11.1 Å². The van der Waals surface area contributed by atoms with Crippen LogP contribution in [0.3, 0.4) is 0 Å². The van der Waals surface area contributed by atoms with Gasteiger partial charge >= 0.3 is 0 Å². The van der Waals surface area contributed by atoms with Crippen molar-refractivity contribution in [2.45, 2.75) is 0 Å². The largest absolute Gasteiger partial charge is 0.294 e. The van der Waals surface area contributed by atoms with Crippen LogP contribution in [-0.4, -0.2) is 24.1 Å². The van der Waals surface area contributed by atoms with E-state index in [0.29, 0.717) is 11.1 Å². The molecule has 0 aromatic heterocycles. The van der Waals surface area contributed by atoms with Gasteiger partial charge < -0.3 is 0 Å². The normalized spacial score (nSPS) is 9.80. The van der Waals surface area contributed by atoms with Gasteiger partial charge in [-0.3, -0.25) is 19.2 Å². The lowest BCUT2D eigenvalue weighted by atomic mass is 10.0. The quantitative estimate of drug-likeness (QED) is 0.472. The van der Waals surface area contributed by atoms with Crippen LogP contribution in [0.15, 0.2) is 48.5 Å². The summed E-state index contributed by atoms with van der Waals surface area (Å²) in [6, 6.07) is 13.1. The molecule has 0 radical (unpaired) electrons. The van der Waals surface area contributed by atoms with Crippen LogP contribution in [0.1, 0.15) is 20.7 Å². The number of hydrogen-bond acceptors (Lipinski definition) is 4. The third kappa shape index (κ3) is 2.75. The minimum Gasteiger partial charge on any atom is -0.294 e. The summed E-state index contributed by atoms with van der Waals surface area (Å²) in [5, 5.41) is 0. The van der Waals surface area contributed by atoms with Gasteiger partial charge in [-0.05, 0) is 11.1 Å². The highest BCUT2D eigenvalue weighted by Gasteiger charge is 2.06. The molecule has 2 aromatic rings. The molecule has 0 aliphatic heterocycles. The number of carbonyl (C=O) groups excluding carboxylic acids is 4. The highest BCUT2D eigenvalue weighted by molar-refractivity contribution is 6.33. The Morgan fingerprint density at radius 1 is 0.600 bits per heavy atom. The first-order chi connectivity index (χ1) is 9.65. The van der Waals surface area contributed by atoms with E-state index in [0.717, 1.165) is 11.1 Å². The number of rotatable bonds is 5. The molecule has 0 N–H and O–H groups in total. The van der Waals surface area contributed by atoms with E-state index in [1.807, 2.05) is 0 Å². The van der Waals surface area contributed by atoms with E-state index >= 15 is 0 Å². The van der Waals surface area contributed by atoms with Crippen molar-refractivity contribution in [3.05, 3.63) is 59.7 Å². The number of aldehydes is 2. The SMILES string of the molecule is O=CC(=O)c1ccc(-c2ccc(C(=O)C=O)cc2)cc1. The number of benzene rings is 2. The Bertz CT molecular complexity index is 605. The number of hydrogen-bond donors (Lipinski definition) is 0. The van der Waals surface area contributed by atoms with Crippen LogP contribution in [0.2, 0.25) is 0 Å². The third-order valence-corrected chi connectivity index (χ3v) is 2.89. The van der Waals surface area contributed by atoms with E-state index < -0.39 is 11.6 Å². The van der Waals surface area contributed by atoms with Crippen molar-refractivity contribution in [3.63, 3.8) is 0 Å². The molecule has 4 nitrogen and oxygen atoms in total. The van der Waals surface area contributed by atoms with Crippen molar-refractivity contribution in [1.29, 1.82) is 0 Å². The Morgan fingerprint density at radius 2 is 0.900 bits per heavy atom. The summed E-state index contributed by atoms with van der Waals surface area (Å²) < 4.78 is 0. The molecule has 0 bridgehead atoms. The van der Waals surface area contributed by atoms with Crippen LogP contribution < -0.4 is 0 Å². The molecule has 0 aliphatic carbocycles. The molecule has 0 heterocycles. The smallest absolute Gasteiger partial charge is 0.225 e. The molecule has 0 amide bonds. The minimum absolute atomic E-state index is 0.273. The van der Waals surface area contributed by atoms with Crippen LogP contribution >= 0.6 is 0 Å². The summed E-state index contributed by atoms with van der Waals surface area (Å²) >= 11 is 0. The Labute approximate surface area is 115 Å². The summed E-state index contributed by atoms with van der Waals surface area (Å²) in [7, 11) is 0. The lowest BCUT2D eigenvalue weighted by molar-refractivity contribution is -0.105. The van der Waals surface area contributed by atoms with Gasteiger partial charge in [0.1, 0.15) is 0 Å².